The Bertz CT molecular complexity index is 1290. The second kappa shape index (κ2) is 17.0. The van der Waals surface area contributed by atoms with Crippen LogP contribution in [0, 0.1) is 10.8 Å². The van der Waals surface area contributed by atoms with E-state index in [1.807, 2.05) is 13.8 Å². The molecule has 0 aliphatic heterocycles. The molecule has 0 heterocycles. The van der Waals surface area contributed by atoms with E-state index >= 15 is 0 Å². The summed E-state index contributed by atoms with van der Waals surface area (Å²) in [5, 5.41) is 0. The lowest BCUT2D eigenvalue weighted by molar-refractivity contribution is -0.155. The van der Waals surface area contributed by atoms with E-state index in [4.69, 9.17) is 14.2 Å². The fourth-order valence-corrected chi connectivity index (χ4v) is 2.71. The highest BCUT2D eigenvalue weighted by atomic mass is 19.3. The first kappa shape index (κ1) is 39.9. The highest BCUT2D eigenvalue weighted by Crippen LogP contribution is 2.26. The maximum atomic E-state index is 12.6. The zero-order valence-electron chi connectivity index (χ0n) is 27.3. The smallest absolute Gasteiger partial charge is 0.344 e. The molecular weight excluding hydrogens is 616 g/mol. The molecule has 0 radical (unpaired) electrons. The number of halogens is 4. The number of rotatable bonds is 14. The molecule has 0 aliphatic carbocycles. The lowest BCUT2D eigenvalue weighted by Gasteiger charge is -2.20. The number of hydrogen-bond donors (Lipinski definition) is 0. The molecule has 0 amide bonds. The number of esters is 4. The van der Waals surface area contributed by atoms with Crippen LogP contribution in [0.1, 0.15) is 78.6 Å². The minimum Gasteiger partial charge on any atom is -0.482 e. The van der Waals surface area contributed by atoms with E-state index in [0.717, 1.165) is 0 Å². The maximum Gasteiger partial charge on any atom is 0.344 e. The third kappa shape index (κ3) is 15.2. The highest BCUT2D eigenvalue weighted by molar-refractivity contribution is 5.89. The van der Waals surface area contributed by atoms with Crippen LogP contribution in [0.2, 0.25) is 0 Å². The van der Waals surface area contributed by atoms with Crippen LogP contribution in [0.4, 0.5) is 17.6 Å². The molecule has 0 fully saturated rings. The van der Waals surface area contributed by atoms with Gasteiger partial charge >= 0.3 is 23.9 Å². The zero-order chi connectivity index (χ0) is 35.3. The number of alkyl halides is 4. The van der Waals surface area contributed by atoms with E-state index in [1.165, 1.54) is 48.5 Å². The summed E-state index contributed by atoms with van der Waals surface area (Å²) in [6.07, 6.45) is 1.27. The van der Waals surface area contributed by atoms with Crippen molar-refractivity contribution in [3.63, 3.8) is 0 Å². The lowest BCUT2D eigenvalue weighted by Crippen LogP contribution is -2.28. The van der Waals surface area contributed by atoms with Gasteiger partial charge in [-0.2, -0.15) is 0 Å². The molecule has 0 unspecified atom stereocenters. The third-order valence-corrected chi connectivity index (χ3v) is 6.51. The van der Waals surface area contributed by atoms with Crippen LogP contribution in [-0.4, -0.2) is 55.5 Å². The maximum absolute atomic E-state index is 12.6. The van der Waals surface area contributed by atoms with Gasteiger partial charge in [0, 0.05) is 13.8 Å². The Hall–Kier alpha value is -4.16. The number of ether oxygens (including phenoxy) is 5. The molecule has 0 aliphatic rings. The Morgan fingerprint density at radius 3 is 1.35 bits per heavy atom. The van der Waals surface area contributed by atoms with Crippen molar-refractivity contribution in [2.24, 2.45) is 10.8 Å². The van der Waals surface area contributed by atoms with Crippen molar-refractivity contribution in [2.75, 3.05) is 19.8 Å². The molecule has 0 bridgehead atoms. The number of benzene rings is 2. The molecule has 46 heavy (non-hydrogen) atoms. The molecular formula is C33H42F4O9. The Balaban J connectivity index is 0.000000462. The summed E-state index contributed by atoms with van der Waals surface area (Å²) in [5.74, 6) is -7.66. The largest absolute Gasteiger partial charge is 0.482 e. The minimum absolute atomic E-state index is 0.110. The second-order valence-corrected chi connectivity index (χ2v) is 11.9. The molecule has 256 valence electrons. The van der Waals surface area contributed by atoms with Crippen LogP contribution in [-0.2, 0) is 23.9 Å². The van der Waals surface area contributed by atoms with Gasteiger partial charge in [0.15, 0.2) is 19.8 Å². The van der Waals surface area contributed by atoms with Crippen molar-refractivity contribution in [3.05, 3.63) is 54.1 Å². The molecule has 0 saturated heterocycles. The molecule has 2 aromatic rings. The molecule has 0 spiro atoms. The van der Waals surface area contributed by atoms with Crippen molar-refractivity contribution >= 4 is 23.9 Å². The second-order valence-electron chi connectivity index (χ2n) is 11.9. The molecule has 9 nitrogen and oxygen atoms in total. The monoisotopic (exact) mass is 658 g/mol. The Morgan fingerprint density at radius 2 is 0.957 bits per heavy atom. The lowest BCUT2D eigenvalue weighted by atomic mass is 9.91. The van der Waals surface area contributed by atoms with Gasteiger partial charge in [-0.05, 0) is 89.1 Å². The van der Waals surface area contributed by atoms with Crippen molar-refractivity contribution in [1.29, 1.82) is 0 Å². The van der Waals surface area contributed by atoms with Gasteiger partial charge in [0.2, 0.25) is 0 Å². The van der Waals surface area contributed by atoms with Crippen LogP contribution in [0.15, 0.2) is 48.5 Å². The van der Waals surface area contributed by atoms with E-state index in [1.54, 1.807) is 27.7 Å². The van der Waals surface area contributed by atoms with Gasteiger partial charge in [-0.15, -0.1) is 0 Å². The summed E-state index contributed by atoms with van der Waals surface area (Å²) in [6, 6.07) is 11.6. The molecule has 0 N–H and O–H groups in total. The van der Waals surface area contributed by atoms with Gasteiger partial charge in [0.1, 0.15) is 17.2 Å². The van der Waals surface area contributed by atoms with Crippen LogP contribution in [0.5, 0.6) is 17.2 Å². The quantitative estimate of drug-likeness (QED) is 0.116. The average Bonchev–Trinajstić information content (AvgIpc) is 2.98. The fraction of sp³-hybridized carbons (Fsp3) is 0.515. The van der Waals surface area contributed by atoms with E-state index < -0.39 is 54.4 Å². The van der Waals surface area contributed by atoms with Gasteiger partial charge in [0.05, 0.1) is 16.4 Å². The molecule has 0 atom stereocenters. The van der Waals surface area contributed by atoms with Gasteiger partial charge in [-0.1, -0.05) is 13.8 Å². The first-order valence-corrected chi connectivity index (χ1v) is 14.4. The third-order valence-electron chi connectivity index (χ3n) is 6.51. The van der Waals surface area contributed by atoms with E-state index in [9.17, 15) is 36.7 Å². The fourth-order valence-electron chi connectivity index (χ4n) is 2.71. The summed E-state index contributed by atoms with van der Waals surface area (Å²) < 4.78 is 74.8. The zero-order valence-corrected chi connectivity index (χ0v) is 27.3. The van der Waals surface area contributed by atoms with Crippen molar-refractivity contribution in [1.82, 2.24) is 0 Å². The van der Waals surface area contributed by atoms with Crippen molar-refractivity contribution < 1.29 is 60.4 Å². The van der Waals surface area contributed by atoms with Crippen LogP contribution in [0.25, 0.3) is 0 Å². The normalized spacial score (nSPS) is 11.8. The van der Waals surface area contributed by atoms with E-state index in [0.29, 0.717) is 38.2 Å². The van der Waals surface area contributed by atoms with Gasteiger partial charge in [-0.25, -0.2) is 27.2 Å². The first-order chi connectivity index (χ1) is 21.1. The average molecular weight is 659 g/mol. The van der Waals surface area contributed by atoms with Crippen LogP contribution >= 0.6 is 0 Å². The Kier molecular flexibility index (Phi) is 14.7. The van der Waals surface area contributed by atoms with E-state index in [2.05, 4.69) is 9.47 Å². The summed E-state index contributed by atoms with van der Waals surface area (Å²) in [7, 11) is 0. The SMILES string of the molecule is CCC(C)(C)C(=O)Oc1ccc(C(=O)OCC(C)(F)F)cc1.CCC(C)(C)C(=O)Oc1ccc(OCC(=O)OCC(C)(F)F)cc1. The number of carbonyl (C=O) groups excluding carboxylic acids is 4. The van der Waals surface area contributed by atoms with E-state index in [-0.39, 0.29) is 23.3 Å². The van der Waals surface area contributed by atoms with Gasteiger partial charge in [0.25, 0.3) is 11.8 Å². The number of carbonyl (C=O) groups is 4. The van der Waals surface area contributed by atoms with Crippen LogP contribution < -0.4 is 14.2 Å². The number of hydrogen-bond acceptors (Lipinski definition) is 9. The summed E-state index contributed by atoms with van der Waals surface area (Å²) in [5.41, 5.74) is -1.08. The Labute approximate surface area is 266 Å². The van der Waals surface area contributed by atoms with Gasteiger partial charge in [-0.3, -0.25) is 9.59 Å². The van der Waals surface area contributed by atoms with Crippen molar-refractivity contribution in [3.8, 4) is 17.2 Å². The predicted molar refractivity (Wildman–Crippen MR) is 160 cm³/mol. The van der Waals surface area contributed by atoms with Gasteiger partial charge < -0.3 is 23.7 Å². The molecule has 0 saturated carbocycles. The van der Waals surface area contributed by atoms with Crippen LogP contribution in [0.3, 0.4) is 0 Å². The standard InChI is InChI=1S/C17H22F2O5.C16H20F2O4/c1-5-16(2,3)15(21)24-13-8-6-12(7-9-13)22-10-14(20)23-11-17(4,18)19;1-5-15(2,3)14(20)22-12-8-6-11(7-9-12)13(19)21-10-16(4,17)18/h6-9H,5,10-11H2,1-4H3;6-9H,5,10H2,1-4H3. The molecule has 2 rings (SSSR count). The predicted octanol–water partition coefficient (Wildman–Crippen LogP) is 7.45. The highest BCUT2D eigenvalue weighted by Gasteiger charge is 2.29. The minimum atomic E-state index is -3.08. The molecule has 13 heteroatoms. The summed E-state index contributed by atoms with van der Waals surface area (Å²) in [4.78, 5) is 46.7. The summed E-state index contributed by atoms with van der Waals surface area (Å²) in [6.45, 7) is 9.76. The molecule has 2 aromatic carbocycles. The first-order valence-electron chi connectivity index (χ1n) is 14.4. The Morgan fingerprint density at radius 1 is 0.587 bits per heavy atom. The summed E-state index contributed by atoms with van der Waals surface area (Å²) >= 11 is 0. The molecule has 0 aromatic heterocycles. The topological polar surface area (TPSA) is 114 Å². The van der Waals surface area contributed by atoms with Crippen molar-refractivity contribution in [2.45, 2.75) is 80.1 Å².